The van der Waals surface area contributed by atoms with Gasteiger partial charge in [0.15, 0.2) is 11.6 Å². The van der Waals surface area contributed by atoms with Crippen LogP contribution in [0.5, 0.6) is 0 Å². The van der Waals surface area contributed by atoms with E-state index in [-0.39, 0.29) is 25.0 Å². The molecule has 1 rings (SSSR count). The molecule has 1 aromatic rings. The van der Waals surface area contributed by atoms with Crippen LogP contribution >= 0.6 is 0 Å². The van der Waals surface area contributed by atoms with Gasteiger partial charge in [0, 0.05) is 19.6 Å². The van der Waals surface area contributed by atoms with E-state index >= 15 is 0 Å². The Hall–Kier alpha value is -2.06. The van der Waals surface area contributed by atoms with Crippen LogP contribution in [-0.4, -0.2) is 55.2 Å². The number of carbonyl (C=O) groups excluding carboxylic acids is 1. The van der Waals surface area contributed by atoms with Crippen LogP contribution in [0, 0.1) is 11.6 Å². The van der Waals surface area contributed by atoms with Crippen LogP contribution in [0.4, 0.5) is 8.78 Å². The molecule has 8 heteroatoms. The molecule has 0 fully saturated rings. The number of rotatable bonds is 15. The van der Waals surface area contributed by atoms with Crippen LogP contribution in [-0.2, 0) is 20.9 Å². The van der Waals surface area contributed by atoms with Crippen molar-refractivity contribution in [2.45, 2.75) is 57.6 Å². The lowest BCUT2D eigenvalue weighted by Crippen LogP contribution is -2.42. The zero-order valence-electron chi connectivity index (χ0n) is 17.3. The fourth-order valence-electron chi connectivity index (χ4n) is 2.95. The second-order valence-corrected chi connectivity index (χ2v) is 7.44. The third-order valence-corrected chi connectivity index (χ3v) is 4.32. The molecular formula is C21H32F2N2O4. The number of aliphatic carboxylic acids is 1. The predicted molar refractivity (Wildman–Crippen MR) is 106 cm³/mol. The average molecular weight is 414 g/mol. The summed E-state index contributed by atoms with van der Waals surface area (Å²) >= 11 is 0. The van der Waals surface area contributed by atoms with Crippen molar-refractivity contribution in [2.75, 3.05) is 27.2 Å². The van der Waals surface area contributed by atoms with E-state index in [0.717, 1.165) is 44.2 Å². The molecule has 1 aromatic carbocycles. The number of amides is 1. The summed E-state index contributed by atoms with van der Waals surface area (Å²) in [5.41, 5.74) is 0.602. The number of benzene rings is 1. The number of nitrogens with one attached hydrogen (secondary N) is 1. The summed E-state index contributed by atoms with van der Waals surface area (Å²) < 4.78 is 31.4. The van der Waals surface area contributed by atoms with Crippen LogP contribution in [0.25, 0.3) is 0 Å². The normalized spacial score (nSPS) is 12.2. The van der Waals surface area contributed by atoms with Crippen molar-refractivity contribution in [1.82, 2.24) is 10.2 Å². The summed E-state index contributed by atoms with van der Waals surface area (Å²) in [5, 5.41) is 11.7. The highest BCUT2D eigenvalue weighted by Gasteiger charge is 2.16. The number of hydrogen-bond acceptors (Lipinski definition) is 4. The van der Waals surface area contributed by atoms with Gasteiger partial charge in [-0.05, 0) is 44.6 Å². The minimum absolute atomic E-state index is 0.0888. The fraction of sp³-hybridized carbons (Fsp3) is 0.619. The summed E-state index contributed by atoms with van der Waals surface area (Å²) in [5.74, 6) is -2.78. The molecule has 0 heterocycles. The number of likely N-dealkylation sites (N-methyl/N-ethyl adjacent to an activating group) is 1. The van der Waals surface area contributed by atoms with Gasteiger partial charge in [-0.2, -0.15) is 0 Å². The molecule has 0 bridgehead atoms. The van der Waals surface area contributed by atoms with Gasteiger partial charge in [-0.25, -0.2) is 8.78 Å². The van der Waals surface area contributed by atoms with E-state index in [1.54, 1.807) is 0 Å². The van der Waals surface area contributed by atoms with Gasteiger partial charge in [-0.3, -0.25) is 9.59 Å². The summed E-state index contributed by atoms with van der Waals surface area (Å²) in [6, 6.07) is 3.35. The van der Waals surface area contributed by atoms with Gasteiger partial charge in [-0.15, -0.1) is 0 Å². The van der Waals surface area contributed by atoms with E-state index in [2.05, 4.69) is 5.32 Å². The Balaban J connectivity index is 2.05. The predicted octanol–water partition coefficient (Wildman–Crippen LogP) is 3.34. The van der Waals surface area contributed by atoms with Gasteiger partial charge in [0.1, 0.15) is 0 Å². The number of unbranched alkanes of at least 4 members (excludes halogenated alkanes) is 4. The molecule has 164 valence electrons. The summed E-state index contributed by atoms with van der Waals surface area (Å²) in [6.07, 6.45) is 4.75. The molecule has 29 heavy (non-hydrogen) atoms. The van der Waals surface area contributed by atoms with Gasteiger partial charge < -0.3 is 20.1 Å². The maximum atomic E-state index is 13.1. The molecule has 0 spiro atoms. The Morgan fingerprint density at radius 1 is 1.10 bits per heavy atom. The quantitative estimate of drug-likeness (QED) is 0.431. The second kappa shape index (κ2) is 14.0. The van der Waals surface area contributed by atoms with Crippen LogP contribution in [0.15, 0.2) is 18.2 Å². The Bertz CT molecular complexity index is 641. The molecule has 1 atom stereocenters. The monoisotopic (exact) mass is 414 g/mol. The minimum atomic E-state index is -0.927. The third-order valence-electron chi connectivity index (χ3n) is 4.32. The maximum absolute atomic E-state index is 13.1. The zero-order chi connectivity index (χ0) is 21.6. The topological polar surface area (TPSA) is 78.9 Å². The number of carboxylic acids is 1. The van der Waals surface area contributed by atoms with E-state index < -0.39 is 17.6 Å². The van der Waals surface area contributed by atoms with Crippen molar-refractivity contribution in [2.24, 2.45) is 0 Å². The molecule has 1 unspecified atom stereocenters. The van der Waals surface area contributed by atoms with Crippen molar-refractivity contribution < 1.29 is 28.2 Å². The molecule has 0 saturated carbocycles. The highest BCUT2D eigenvalue weighted by atomic mass is 19.2. The zero-order valence-corrected chi connectivity index (χ0v) is 17.3. The molecule has 0 saturated heterocycles. The van der Waals surface area contributed by atoms with Gasteiger partial charge >= 0.3 is 5.97 Å². The number of ether oxygens (including phenoxy) is 1. The first-order chi connectivity index (χ1) is 13.8. The van der Waals surface area contributed by atoms with Crippen LogP contribution < -0.4 is 5.32 Å². The van der Waals surface area contributed by atoms with E-state index in [9.17, 15) is 18.4 Å². The van der Waals surface area contributed by atoms with Gasteiger partial charge in [-0.1, -0.05) is 25.3 Å². The summed E-state index contributed by atoms with van der Waals surface area (Å²) in [7, 11) is 3.67. The highest BCUT2D eigenvalue weighted by Crippen LogP contribution is 2.11. The van der Waals surface area contributed by atoms with E-state index in [1.165, 1.54) is 6.07 Å². The fourth-order valence-corrected chi connectivity index (χ4v) is 2.95. The van der Waals surface area contributed by atoms with Crippen molar-refractivity contribution in [3.63, 3.8) is 0 Å². The second-order valence-electron chi connectivity index (χ2n) is 7.44. The molecule has 0 aliphatic heterocycles. The van der Waals surface area contributed by atoms with E-state index in [0.29, 0.717) is 25.1 Å². The van der Waals surface area contributed by atoms with Crippen LogP contribution in [0.2, 0.25) is 0 Å². The smallest absolute Gasteiger partial charge is 0.305 e. The lowest BCUT2D eigenvalue weighted by molar-refractivity contribution is -0.137. The van der Waals surface area contributed by atoms with Crippen molar-refractivity contribution in [3.8, 4) is 0 Å². The van der Waals surface area contributed by atoms with Gasteiger partial charge in [0.05, 0.1) is 19.1 Å². The Morgan fingerprint density at radius 2 is 1.79 bits per heavy atom. The largest absolute Gasteiger partial charge is 0.481 e. The van der Waals surface area contributed by atoms with Gasteiger partial charge in [0.25, 0.3) is 0 Å². The molecular weight excluding hydrogens is 382 g/mol. The first-order valence-corrected chi connectivity index (χ1v) is 9.95. The maximum Gasteiger partial charge on any atom is 0.305 e. The van der Waals surface area contributed by atoms with Crippen molar-refractivity contribution in [3.05, 3.63) is 35.4 Å². The van der Waals surface area contributed by atoms with E-state index in [4.69, 9.17) is 9.84 Å². The molecule has 0 radical (unpaired) electrons. The number of nitrogens with zero attached hydrogens (tertiary/aromatic N) is 1. The molecule has 2 N–H and O–H groups in total. The lowest BCUT2D eigenvalue weighted by Gasteiger charge is -2.20. The number of carboxylic acid groups (broad SMARTS) is 1. The van der Waals surface area contributed by atoms with Gasteiger partial charge in [0.2, 0.25) is 5.91 Å². The Labute approximate surface area is 171 Å². The first kappa shape index (κ1) is 25.0. The molecule has 6 nitrogen and oxygen atoms in total. The van der Waals surface area contributed by atoms with Crippen molar-refractivity contribution in [1.29, 1.82) is 0 Å². The van der Waals surface area contributed by atoms with E-state index in [1.807, 2.05) is 19.0 Å². The first-order valence-electron chi connectivity index (χ1n) is 9.95. The SMILES string of the molecule is CN(C)CC(CC(=O)O)NC(=O)CCCCCCCOCc1ccc(F)c(F)c1. The molecule has 0 aromatic heterocycles. The Morgan fingerprint density at radius 3 is 2.45 bits per heavy atom. The molecule has 0 aliphatic rings. The third kappa shape index (κ3) is 12.2. The summed E-state index contributed by atoms with van der Waals surface area (Å²) in [4.78, 5) is 24.7. The summed E-state index contributed by atoms with van der Waals surface area (Å²) in [6.45, 7) is 1.28. The Kier molecular flexibility index (Phi) is 12.1. The minimum Gasteiger partial charge on any atom is -0.481 e. The number of halogens is 2. The average Bonchev–Trinajstić information content (AvgIpc) is 2.62. The van der Waals surface area contributed by atoms with Crippen LogP contribution in [0.3, 0.4) is 0 Å². The number of carbonyl (C=O) groups is 2. The lowest BCUT2D eigenvalue weighted by atomic mass is 10.1. The molecule has 0 aliphatic carbocycles. The van der Waals surface area contributed by atoms with Crippen LogP contribution in [0.1, 0.15) is 50.5 Å². The standard InChI is InChI=1S/C21H32F2N2O4/c1-25(2)14-17(13-21(27)28)24-20(26)8-6-4-3-5-7-11-29-15-16-9-10-18(22)19(23)12-16/h9-10,12,17H,3-8,11,13-15H2,1-2H3,(H,24,26)(H,27,28). The highest BCUT2D eigenvalue weighted by molar-refractivity contribution is 5.77. The molecule has 1 amide bonds. The van der Waals surface area contributed by atoms with Crippen molar-refractivity contribution >= 4 is 11.9 Å². The number of hydrogen-bond donors (Lipinski definition) is 2.